The number of nitrogens with zero attached hydrogens (tertiary/aromatic N) is 1. The third-order valence-corrected chi connectivity index (χ3v) is 3.60. The molecule has 2 rings (SSSR count). The van der Waals surface area contributed by atoms with Crippen molar-refractivity contribution in [3.63, 3.8) is 0 Å². The van der Waals surface area contributed by atoms with Gasteiger partial charge in [-0.15, -0.1) is 0 Å². The van der Waals surface area contributed by atoms with Crippen molar-refractivity contribution in [1.82, 2.24) is 0 Å². The van der Waals surface area contributed by atoms with Crippen LogP contribution in [0.3, 0.4) is 0 Å². The van der Waals surface area contributed by atoms with E-state index in [1.165, 1.54) is 0 Å². The molecular formula is C15H21N3. The molecule has 1 aliphatic rings. The summed E-state index contributed by atoms with van der Waals surface area (Å²) in [5, 5.41) is 0. The minimum Gasteiger partial charge on any atom is -0.398 e. The lowest BCUT2D eigenvalue weighted by molar-refractivity contribution is 0.552. The second kappa shape index (κ2) is 4.86. The third-order valence-electron chi connectivity index (χ3n) is 3.60. The fraction of sp³-hybridized carbons (Fsp3) is 0.333. The van der Waals surface area contributed by atoms with E-state index < -0.39 is 0 Å². The fourth-order valence-electron chi connectivity index (χ4n) is 2.41. The van der Waals surface area contributed by atoms with E-state index in [0.29, 0.717) is 6.54 Å². The molecule has 96 valence electrons. The van der Waals surface area contributed by atoms with E-state index >= 15 is 0 Å². The second-order valence-electron chi connectivity index (χ2n) is 5.02. The molecule has 3 heteroatoms. The van der Waals surface area contributed by atoms with Crippen molar-refractivity contribution in [2.24, 2.45) is 5.73 Å². The molecule has 1 atom stereocenters. The number of nitrogen functional groups attached to an aromatic ring is 1. The molecule has 4 N–H and O–H groups in total. The zero-order chi connectivity index (χ0) is 13.2. The van der Waals surface area contributed by atoms with Gasteiger partial charge in [0.25, 0.3) is 0 Å². The summed E-state index contributed by atoms with van der Waals surface area (Å²) in [7, 11) is 4.02. The molecule has 1 aromatic carbocycles. The van der Waals surface area contributed by atoms with Crippen LogP contribution in [-0.2, 0) is 5.41 Å². The van der Waals surface area contributed by atoms with Gasteiger partial charge in [-0.3, -0.25) is 0 Å². The summed E-state index contributed by atoms with van der Waals surface area (Å²) in [5.74, 6) is 0. The van der Waals surface area contributed by atoms with E-state index in [2.05, 4.69) is 36.4 Å². The van der Waals surface area contributed by atoms with Gasteiger partial charge >= 0.3 is 0 Å². The molecule has 18 heavy (non-hydrogen) atoms. The van der Waals surface area contributed by atoms with Crippen molar-refractivity contribution in [2.45, 2.75) is 11.8 Å². The van der Waals surface area contributed by atoms with Gasteiger partial charge in [0.05, 0.1) is 0 Å². The monoisotopic (exact) mass is 243 g/mol. The van der Waals surface area contributed by atoms with Gasteiger partial charge in [0.2, 0.25) is 0 Å². The van der Waals surface area contributed by atoms with Gasteiger partial charge in [-0.05, 0) is 24.1 Å². The van der Waals surface area contributed by atoms with E-state index in [1.54, 1.807) is 0 Å². The second-order valence-corrected chi connectivity index (χ2v) is 5.02. The van der Waals surface area contributed by atoms with Crippen LogP contribution in [0.5, 0.6) is 0 Å². The molecule has 0 heterocycles. The topological polar surface area (TPSA) is 55.3 Å². The zero-order valence-electron chi connectivity index (χ0n) is 11.1. The van der Waals surface area contributed by atoms with Crippen molar-refractivity contribution < 1.29 is 0 Å². The van der Waals surface area contributed by atoms with E-state index in [0.717, 1.165) is 23.4 Å². The zero-order valence-corrected chi connectivity index (χ0v) is 11.1. The van der Waals surface area contributed by atoms with Crippen LogP contribution >= 0.6 is 0 Å². The molecule has 1 aromatic rings. The number of benzene rings is 1. The lowest BCUT2D eigenvalue weighted by atomic mass is 9.75. The van der Waals surface area contributed by atoms with Crippen LogP contribution in [0.25, 0.3) is 0 Å². The first-order chi connectivity index (χ1) is 8.59. The molecule has 0 saturated carbocycles. The summed E-state index contributed by atoms with van der Waals surface area (Å²) in [6, 6.07) is 6.20. The van der Waals surface area contributed by atoms with E-state index in [9.17, 15) is 0 Å². The summed E-state index contributed by atoms with van der Waals surface area (Å²) < 4.78 is 0. The van der Waals surface area contributed by atoms with Crippen LogP contribution in [0.2, 0.25) is 0 Å². The number of anilines is 2. The number of hydrogen-bond donors (Lipinski definition) is 2. The molecule has 1 unspecified atom stereocenters. The molecule has 0 radical (unpaired) electrons. The number of allylic oxidation sites excluding steroid dienone is 3. The Morgan fingerprint density at radius 3 is 2.56 bits per heavy atom. The van der Waals surface area contributed by atoms with Crippen molar-refractivity contribution in [3.05, 3.63) is 48.1 Å². The Bertz CT molecular complexity index is 489. The van der Waals surface area contributed by atoms with Crippen LogP contribution in [0.15, 0.2) is 42.5 Å². The summed E-state index contributed by atoms with van der Waals surface area (Å²) in [6.45, 7) is 0.569. The first kappa shape index (κ1) is 12.7. The van der Waals surface area contributed by atoms with E-state index in [4.69, 9.17) is 11.5 Å². The van der Waals surface area contributed by atoms with E-state index in [1.807, 2.05) is 25.1 Å². The Morgan fingerprint density at radius 2 is 2.06 bits per heavy atom. The highest BCUT2D eigenvalue weighted by Gasteiger charge is 2.29. The minimum atomic E-state index is -0.149. The largest absolute Gasteiger partial charge is 0.398 e. The Balaban J connectivity index is 2.44. The Hall–Kier alpha value is -1.74. The van der Waals surface area contributed by atoms with Crippen molar-refractivity contribution >= 4 is 11.4 Å². The molecule has 0 aromatic heterocycles. The summed E-state index contributed by atoms with van der Waals surface area (Å²) in [5.41, 5.74) is 15.1. The molecule has 0 amide bonds. The molecule has 0 fully saturated rings. The average Bonchev–Trinajstić information content (AvgIpc) is 2.39. The SMILES string of the molecule is CN(C)c1ccc(C2(CN)C=CC=CC2)c(N)c1. The van der Waals surface area contributed by atoms with Gasteiger partial charge in [-0.2, -0.15) is 0 Å². The lowest BCUT2D eigenvalue weighted by Gasteiger charge is -2.32. The van der Waals surface area contributed by atoms with Gasteiger partial charge in [0, 0.05) is 37.4 Å². The molecule has 0 bridgehead atoms. The highest BCUT2D eigenvalue weighted by atomic mass is 15.1. The molecular weight excluding hydrogens is 222 g/mol. The number of rotatable bonds is 3. The van der Waals surface area contributed by atoms with Crippen LogP contribution in [-0.4, -0.2) is 20.6 Å². The van der Waals surface area contributed by atoms with Gasteiger partial charge in [-0.25, -0.2) is 0 Å². The smallest absolute Gasteiger partial charge is 0.0381 e. The van der Waals surface area contributed by atoms with Crippen LogP contribution < -0.4 is 16.4 Å². The third kappa shape index (κ3) is 2.14. The molecule has 0 aliphatic heterocycles. The highest BCUT2D eigenvalue weighted by molar-refractivity contribution is 5.63. The van der Waals surface area contributed by atoms with Crippen molar-refractivity contribution in [3.8, 4) is 0 Å². The Kier molecular flexibility index (Phi) is 3.43. The summed E-state index contributed by atoms with van der Waals surface area (Å²) in [6.07, 6.45) is 9.32. The standard InChI is InChI=1S/C15H21N3/c1-18(2)12-6-7-13(14(17)10-12)15(11-16)8-4-3-5-9-15/h3-8,10H,9,11,16-17H2,1-2H3. The van der Waals surface area contributed by atoms with Crippen LogP contribution in [0.1, 0.15) is 12.0 Å². The van der Waals surface area contributed by atoms with Crippen LogP contribution in [0.4, 0.5) is 11.4 Å². The van der Waals surface area contributed by atoms with Gasteiger partial charge in [0.1, 0.15) is 0 Å². The van der Waals surface area contributed by atoms with Crippen LogP contribution in [0, 0.1) is 0 Å². The summed E-state index contributed by atoms with van der Waals surface area (Å²) >= 11 is 0. The normalized spacial score (nSPS) is 22.2. The van der Waals surface area contributed by atoms with Crippen molar-refractivity contribution in [2.75, 3.05) is 31.3 Å². The number of hydrogen-bond acceptors (Lipinski definition) is 3. The lowest BCUT2D eigenvalue weighted by Crippen LogP contribution is -2.34. The first-order valence-electron chi connectivity index (χ1n) is 6.21. The van der Waals surface area contributed by atoms with E-state index in [-0.39, 0.29) is 5.41 Å². The maximum Gasteiger partial charge on any atom is 0.0381 e. The fourth-order valence-corrected chi connectivity index (χ4v) is 2.41. The maximum absolute atomic E-state index is 6.21. The molecule has 1 aliphatic carbocycles. The average molecular weight is 243 g/mol. The molecule has 0 spiro atoms. The van der Waals surface area contributed by atoms with Crippen molar-refractivity contribution in [1.29, 1.82) is 0 Å². The number of nitrogens with two attached hydrogens (primary N) is 2. The van der Waals surface area contributed by atoms with Gasteiger partial charge in [-0.1, -0.05) is 30.4 Å². The quantitative estimate of drug-likeness (QED) is 0.799. The summed E-state index contributed by atoms with van der Waals surface area (Å²) in [4.78, 5) is 2.05. The van der Waals surface area contributed by atoms with Gasteiger partial charge < -0.3 is 16.4 Å². The Morgan fingerprint density at radius 1 is 1.28 bits per heavy atom. The highest BCUT2D eigenvalue weighted by Crippen LogP contribution is 2.36. The predicted octanol–water partition coefficient (Wildman–Crippen LogP) is 2.05. The molecule has 3 nitrogen and oxygen atoms in total. The van der Waals surface area contributed by atoms with Gasteiger partial charge in [0.15, 0.2) is 0 Å². The maximum atomic E-state index is 6.21. The predicted molar refractivity (Wildman–Crippen MR) is 78.8 cm³/mol. The first-order valence-corrected chi connectivity index (χ1v) is 6.21. The molecule has 0 saturated heterocycles. The Labute approximate surface area is 109 Å². The minimum absolute atomic E-state index is 0.149.